The Labute approximate surface area is 145 Å². The fourth-order valence-corrected chi connectivity index (χ4v) is 3.08. The first kappa shape index (κ1) is 15.8. The van der Waals surface area contributed by atoms with Crippen LogP contribution in [0.1, 0.15) is 18.4 Å². The van der Waals surface area contributed by atoms with Gasteiger partial charge in [0.25, 0.3) is 5.91 Å². The molecule has 2 aliphatic rings. The van der Waals surface area contributed by atoms with E-state index in [9.17, 15) is 4.79 Å². The van der Waals surface area contributed by atoms with E-state index in [2.05, 4.69) is 15.6 Å². The molecule has 25 heavy (non-hydrogen) atoms. The second-order valence-corrected chi connectivity index (χ2v) is 6.32. The van der Waals surface area contributed by atoms with Gasteiger partial charge < -0.3 is 14.9 Å². The lowest BCUT2D eigenvalue weighted by Crippen LogP contribution is -2.29. The molecule has 1 fully saturated rings. The molecule has 7 heteroatoms. The van der Waals surface area contributed by atoms with E-state index in [4.69, 9.17) is 9.57 Å². The number of hydrogen-bond donors (Lipinski definition) is 1. The first-order chi connectivity index (χ1) is 12.3. The predicted octanol–water partition coefficient (Wildman–Crippen LogP) is 2.05. The molecule has 7 nitrogen and oxygen atoms in total. The number of oxime groups is 1. The van der Waals surface area contributed by atoms with E-state index in [0.29, 0.717) is 18.2 Å². The number of rotatable bonds is 5. The molecular formula is C18H20N4O3. The summed E-state index contributed by atoms with van der Waals surface area (Å²) >= 11 is 0. The minimum atomic E-state index is -0.617. The molecule has 130 valence electrons. The van der Waals surface area contributed by atoms with E-state index < -0.39 is 6.10 Å². The van der Waals surface area contributed by atoms with Gasteiger partial charge in [-0.3, -0.25) is 4.79 Å². The lowest BCUT2D eigenvalue weighted by molar-refractivity contribution is -0.125. The van der Waals surface area contributed by atoms with Crippen molar-refractivity contribution in [2.75, 3.05) is 18.5 Å². The molecule has 0 radical (unpaired) electrons. The van der Waals surface area contributed by atoms with E-state index in [1.54, 1.807) is 12.3 Å². The summed E-state index contributed by atoms with van der Waals surface area (Å²) in [6, 6.07) is 11.5. The summed E-state index contributed by atoms with van der Waals surface area (Å²) < 4.78 is 7.21. The number of nitrogens with zero attached hydrogens (tertiary/aromatic N) is 3. The van der Waals surface area contributed by atoms with Crippen LogP contribution in [0.5, 0.6) is 0 Å². The summed E-state index contributed by atoms with van der Waals surface area (Å²) in [5.41, 5.74) is 1.77. The van der Waals surface area contributed by atoms with E-state index in [-0.39, 0.29) is 5.91 Å². The van der Waals surface area contributed by atoms with Crippen LogP contribution >= 0.6 is 0 Å². The van der Waals surface area contributed by atoms with Gasteiger partial charge in [-0.25, -0.2) is 4.68 Å². The fourth-order valence-electron chi connectivity index (χ4n) is 3.08. The minimum absolute atomic E-state index is 0.209. The average molecular weight is 340 g/mol. The number of ether oxygens (including phenoxy) is 1. The van der Waals surface area contributed by atoms with Crippen LogP contribution in [0.25, 0.3) is 0 Å². The number of carbonyl (C=O) groups excluding carboxylic acids is 1. The molecule has 0 aliphatic carbocycles. The van der Waals surface area contributed by atoms with Crippen molar-refractivity contribution in [3.63, 3.8) is 0 Å². The Morgan fingerprint density at radius 1 is 1.28 bits per heavy atom. The Hall–Kier alpha value is -2.67. The topological polar surface area (TPSA) is 77.7 Å². The molecule has 0 spiro atoms. The van der Waals surface area contributed by atoms with Crippen LogP contribution in [0.2, 0.25) is 0 Å². The third kappa shape index (κ3) is 3.56. The van der Waals surface area contributed by atoms with Crippen LogP contribution in [-0.4, -0.2) is 40.7 Å². The van der Waals surface area contributed by atoms with Gasteiger partial charge in [-0.05, 0) is 12.0 Å². The van der Waals surface area contributed by atoms with E-state index in [1.165, 1.54) is 0 Å². The van der Waals surface area contributed by atoms with Gasteiger partial charge in [-0.2, -0.15) is 5.10 Å². The van der Waals surface area contributed by atoms with Gasteiger partial charge in [0, 0.05) is 31.6 Å². The monoisotopic (exact) mass is 340 g/mol. The van der Waals surface area contributed by atoms with Crippen molar-refractivity contribution in [1.29, 1.82) is 0 Å². The highest BCUT2D eigenvalue weighted by molar-refractivity contribution is 6.05. The van der Waals surface area contributed by atoms with Crippen molar-refractivity contribution in [3.8, 4) is 0 Å². The van der Waals surface area contributed by atoms with Crippen molar-refractivity contribution in [2.45, 2.75) is 25.5 Å². The molecule has 4 rings (SSSR count). The minimum Gasteiger partial charge on any atom is -0.382 e. The average Bonchev–Trinajstić information content (AvgIpc) is 3.38. The zero-order chi connectivity index (χ0) is 17.1. The maximum absolute atomic E-state index is 12.5. The van der Waals surface area contributed by atoms with Gasteiger partial charge in [0.2, 0.25) is 6.10 Å². The Kier molecular flexibility index (Phi) is 4.47. The first-order valence-corrected chi connectivity index (χ1v) is 8.48. The Bertz CT molecular complexity index is 766. The van der Waals surface area contributed by atoms with Crippen LogP contribution in [-0.2, 0) is 20.9 Å². The van der Waals surface area contributed by atoms with Crippen LogP contribution in [0, 0.1) is 5.92 Å². The molecule has 0 bridgehead atoms. The summed E-state index contributed by atoms with van der Waals surface area (Å²) in [5.74, 6) is 0.902. The van der Waals surface area contributed by atoms with Crippen LogP contribution in [0.15, 0.2) is 47.8 Å². The van der Waals surface area contributed by atoms with Gasteiger partial charge in [0.1, 0.15) is 5.82 Å². The van der Waals surface area contributed by atoms with Crippen LogP contribution < -0.4 is 5.32 Å². The SMILES string of the molecule is O=C(Nc1ccnn1C[C@H]1CCOC1)[C@@H]1CC(c2ccccc2)=NO1. The van der Waals surface area contributed by atoms with E-state index in [1.807, 2.05) is 35.0 Å². The predicted molar refractivity (Wildman–Crippen MR) is 92.3 cm³/mol. The highest BCUT2D eigenvalue weighted by Gasteiger charge is 2.29. The third-order valence-electron chi connectivity index (χ3n) is 4.49. The van der Waals surface area contributed by atoms with E-state index >= 15 is 0 Å². The van der Waals surface area contributed by atoms with Gasteiger partial charge in [0.15, 0.2) is 0 Å². The number of aromatic nitrogens is 2. The zero-order valence-corrected chi connectivity index (χ0v) is 13.8. The zero-order valence-electron chi connectivity index (χ0n) is 13.8. The maximum Gasteiger partial charge on any atom is 0.269 e. The normalized spacial score (nSPS) is 22.5. The number of benzene rings is 1. The fraction of sp³-hybridized carbons (Fsp3) is 0.389. The van der Waals surface area contributed by atoms with Crippen molar-refractivity contribution < 1.29 is 14.4 Å². The molecule has 2 atom stereocenters. The number of amides is 1. The van der Waals surface area contributed by atoms with Gasteiger partial charge in [-0.15, -0.1) is 0 Å². The second-order valence-electron chi connectivity index (χ2n) is 6.32. The molecular weight excluding hydrogens is 320 g/mol. The molecule has 0 unspecified atom stereocenters. The van der Waals surface area contributed by atoms with Crippen molar-refractivity contribution in [3.05, 3.63) is 48.2 Å². The Balaban J connectivity index is 1.36. The largest absolute Gasteiger partial charge is 0.382 e. The quantitative estimate of drug-likeness (QED) is 0.904. The van der Waals surface area contributed by atoms with Gasteiger partial charge >= 0.3 is 0 Å². The summed E-state index contributed by atoms with van der Waals surface area (Å²) in [7, 11) is 0. The summed E-state index contributed by atoms with van der Waals surface area (Å²) in [6.45, 7) is 2.27. The van der Waals surface area contributed by atoms with Crippen molar-refractivity contribution in [1.82, 2.24) is 9.78 Å². The maximum atomic E-state index is 12.5. The number of anilines is 1. The molecule has 1 amide bonds. The summed E-state index contributed by atoms with van der Waals surface area (Å²) in [5, 5.41) is 11.3. The summed E-state index contributed by atoms with van der Waals surface area (Å²) in [4.78, 5) is 17.8. The van der Waals surface area contributed by atoms with Crippen LogP contribution in [0.4, 0.5) is 5.82 Å². The molecule has 0 saturated carbocycles. The number of nitrogens with one attached hydrogen (secondary N) is 1. The second kappa shape index (κ2) is 7.06. The highest BCUT2D eigenvalue weighted by Crippen LogP contribution is 2.20. The highest BCUT2D eigenvalue weighted by atomic mass is 16.6. The third-order valence-corrected chi connectivity index (χ3v) is 4.49. The molecule has 1 aromatic heterocycles. The molecule has 1 aromatic carbocycles. The van der Waals surface area contributed by atoms with E-state index in [0.717, 1.165) is 37.5 Å². The number of carbonyl (C=O) groups is 1. The standard InChI is InChI=1S/C18H20N4O3/c23-18(16-10-15(21-25-16)14-4-2-1-3-5-14)20-17-6-8-19-22(17)11-13-7-9-24-12-13/h1-6,8,13,16H,7,9-12H2,(H,20,23)/t13-,16+/m1/s1. The Morgan fingerprint density at radius 2 is 2.16 bits per heavy atom. The Morgan fingerprint density at radius 3 is 2.96 bits per heavy atom. The molecule has 1 saturated heterocycles. The lowest BCUT2D eigenvalue weighted by Gasteiger charge is -2.13. The smallest absolute Gasteiger partial charge is 0.269 e. The lowest BCUT2D eigenvalue weighted by atomic mass is 10.0. The van der Waals surface area contributed by atoms with Gasteiger partial charge in [0.05, 0.1) is 18.5 Å². The van der Waals surface area contributed by atoms with Crippen molar-refractivity contribution in [2.24, 2.45) is 11.1 Å². The first-order valence-electron chi connectivity index (χ1n) is 8.48. The molecule has 3 heterocycles. The van der Waals surface area contributed by atoms with Gasteiger partial charge in [-0.1, -0.05) is 35.5 Å². The summed E-state index contributed by atoms with van der Waals surface area (Å²) in [6.07, 6.45) is 2.55. The molecule has 2 aromatic rings. The number of hydrogen-bond acceptors (Lipinski definition) is 5. The molecule has 1 N–H and O–H groups in total. The van der Waals surface area contributed by atoms with Crippen LogP contribution in [0.3, 0.4) is 0 Å². The molecule has 2 aliphatic heterocycles. The van der Waals surface area contributed by atoms with Crippen molar-refractivity contribution >= 4 is 17.4 Å².